The van der Waals surface area contributed by atoms with Gasteiger partial charge in [0.25, 0.3) is 5.91 Å². The number of carbonyl (C=O) groups is 1. The SMILES string of the molecule is CN(C(=O)c1ncc[nH]1)c1ccccc1. The summed E-state index contributed by atoms with van der Waals surface area (Å²) >= 11 is 0. The number of aromatic amines is 1. The van der Waals surface area contributed by atoms with Gasteiger partial charge in [-0.1, -0.05) is 18.2 Å². The number of H-pyrrole nitrogens is 1. The van der Waals surface area contributed by atoms with Gasteiger partial charge in [0.05, 0.1) is 0 Å². The molecule has 0 fully saturated rings. The van der Waals surface area contributed by atoms with Crippen molar-refractivity contribution < 1.29 is 4.79 Å². The van der Waals surface area contributed by atoms with Crippen molar-refractivity contribution >= 4 is 11.6 Å². The van der Waals surface area contributed by atoms with E-state index >= 15 is 0 Å². The molecule has 2 rings (SSSR count). The van der Waals surface area contributed by atoms with Gasteiger partial charge >= 0.3 is 0 Å². The van der Waals surface area contributed by atoms with Crippen LogP contribution in [0, 0.1) is 0 Å². The minimum Gasteiger partial charge on any atom is -0.341 e. The number of nitrogens with one attached hydrogen (secondary N) is 1. The van der Waals surface area contributed by atoms with Crippen LogP contribution in [-0.2, 0) is 0 Å². The van der Waals surface area contributed by atoms with Crippen LogP contribution in [0.4, 0.5) is 5.69 Å². The summed E-state index contributed by atoms with van der Waals surface area (Å²) in [6.07, 6.45) is 3.19. The van der Waals surface area contributed by atoms with Crippen LogP contribution >= 0.6 is 0 Å². The number of anilines is 1. The quantitative estimate of drug-likeness (QED) is 0.803. The number of nitrogens with zero attached hydrogens (tertiary/aromatic N) is 2. The summed E-state index contributed by atoms with van der Waals surface area (Å²) in [7, 11) is 1.72. The molecule has 0 aliphatic heterocycles. The number of aromatic nitrogens is 2. The van der Waals surface area contributed by atoms with Crippen LogP contribution < -0.4 is 4.90 Å². The van der Waals surface area contributed by atoms with E-state index in [-0.39, 0.29) is 5.91 Å². The molecule has 1 amide bonds. The lowest BCUT2D eigenvalue weighted by molar-refractivity contribution is 0.0984. The van der Waals surface area contributed by atoms with E-state index in [1.54, 1.807) is 24.3 Å². The highest BCUT2D eigenvalue weighted by atomic mass is 16.2. The molecule has 0 atom stereocenters. The fourth-order valence-corrected chi connectivity index (χ4v) is 1.31. The summed E-state index contributed by atoms with van der Waals surface area (Å²) < 4.78 is 0. The third-order valence-electron chi connectivity index (χ3n) is 2.15. The van der Waals surface area contributed by atoms with E-state index in [1.807, 2.05) is 30.3 Å². The Morgan fingerprint density at radius 1 is 1.33 bits per heavy atom. The second-order valence-corrected chi connectivity index (χ2v) is 3.14. The Bertz CT molecular complexity index is 436. The number of carbonyl (C=O) groups excluding carboxylic acids is 1. The third kappa shape index (κ3) is 1.88. The lowest BCUT2D eigenvalue weighted by atomic mass is 10.3. The Labute approximate surface area is 87.6 Å². The highest BCUT2D eigenvalue weighted by Crippen LogP contribution is 2.12. The van der Waals surface area contributed by atoms with Gasteiger partial charge in [0.1, 0.15) is 0 Å². The van der Waals surface area contributed by atoms with Crippen LogP contribution in [0.2, 0.25) is 0 Å². The molecule has 0 saturated heterocycles. The second kappa shape index (κ2) is 3.96. The maximum atomic E-state index is 11.8. The molecular weight excluding hydrogens is 190 g/mol. The first-order valence-corrected chi connectivity index (χ1v) is 4.61. The molecular formula is C11H11N3O. The molecule has 15 heavy (non-hydrogen) atoms. The minimum atomic E-state index is -0.147. The molecule has 1 aromatic heterocycles. The summed E-state index contributed by atoms with van der Waals surface area (Å²) in [5, 5.41) is 0. The highest BCUT2D eigenvalue weighted by molar-refractivity contribution is 6.03. The third-order valence-corrected chi connectivity index (χ3v) is 2.15. The summed E-state index contributed by atoms with van der Waals surface area (Å²) in [5.41, 5.74) is 0.846. The van der Waals surface area contributed by atoms with Crippen LogP contribution in [0.1, 0.15) is 10.6 Å². The van der Waals surface area contributed by atoms with E-state index in [0.29, 0.717) is 5.82 Å². The topological polar surface area (TPSA) is 49.0 Å². The zero-order valence-corrected chi connectivity index (χ0v) is 8.34. The normalized spacial score (nSPS) is 9.93. The first kappa shape index (κ1) is 9.45. The molecule has 1 aromatic carbocycles. The van der Waals surface area contributed by atoms with E-state index in [1.165, 1.54) is 0 Å². The van der Waals surface area contributed by atoms with E-state index in [0.717, 1.165) is 5.69 Å². The first-order valence-electron chi connectivity index (χ1n) is 4.61. The molecule has 0 spiro atoms. The summed E-state index contributed by atoms with van der Waals surface area (Å²) in [5.74, 6) is 0.201. The van der Waals surface area contributed by atoms with Gasteiger partial charge in [0, 0.05) is 25.1 Å². The predicted molar refractivity (Wildman–Crippen MR) is 57.8 cm³/mol. The average Bonchev–Trinajstić information content (AvgIpc) is 2.82. The highest BCUT2D eigenvalue weighted by Gasteiger charge is 2.14. The van der Waals surface area contributed by atoms with Crippen LogP contribution in [0.25, 0.3) is 0 Å². The van der Waals surface area contributed by atoms with Crippen molar-refractivity contribution in [3.05, 3.63) is 48.5 Å². The van der Waals surface area contributed by atoms with Gasteiger partial charge in [0.15, 0.2) is 5.82 Å². The number of benzene rings is 1. The molecule has 0 saturated carbocycles. The Balaban J connectivity index is 2.23. The number of amides is 1. The van der Waals surface area contributed by atoms with Crippen molar-refractivity contribution in [2.24, 2.45) is 0 Å². The number of para-hydroxylation sites is 1. The van der Waals surface area contributed by atoms with Crippen molar-refractivity contribution in [3.63, 3.8) is 0 Å². The maximum absolute atomic E-state index is 11.8. The standard InChI is InChI=1S/C11H11N3O/c1-14(9-5-3-2-4-6-9)11(15)10-12-7-8-13-10/h2-8H,1H3,(H,12,13). The number of imidazole rings is 1. The molecule has 1 N–H and O–H groups in total. The number of hydrogen-bond acceptors (Lipinski definition) is 2. The van der Waals surface area contributed by atoms with Gasteiger partial charge < -0.3 is 9.88 Å². The maximum Gasteiger partial charge on any atom is 0.293 e. The number of rotatable bonds is 2. The van der Waals surface area contributed by atoms with Crippen molar-refractivity contribution in [1.29, 1.82) is 0 Å². The van der Waals surface area contributed by atoms with Gasteiger partial charge in [-0.25, -0.2) is 4.98 Å². The van der Waals surface area contributed by atoms with E-state index in [9.17, 15) is 4.79 Å². The smallest absolute Gasteiger partial charge is 0.293 e. The molecule has 0 aliphatic carbocycles. The fraction of sp³-hybridized carbons (Fsp3) is 0.0909. The van der Waals surface area contributed by atoms with Crippen LogP contribution in [0.3, 0.4) is 0 Å². The molecule has 76 valence electrons. The summed E-state index contributed by atoms with van der Waals surface area (Å²) in [4.78, 5) is 20.1. The predicted octanol–water partition coefficient (Wildman–Crippen LogP) is 1.69. The van der Waals surface area contributed by atoms with Gasteiger partial charge in [0.2, 0.25) is 0 Å². The van der Waals surface area contributed by atoms with Crippen molar-refractivity contribution in [1.82, 2.24) is 9.97 Å². The molecule has 0 bridgehead atoms. The molecule has 0 aliphatic rings. The Morgan fingerprint density at radius 2 is 2.07 bits per heavy atom. The lowest BCUT2D eigenvalue weighted by Gasteiger charge is -2.15. The van der Waals surface area contributed by atoms with Gasteiger partial charge in [-0.3, -0.25) is 4.79 Å². The summed E-state index contributed by atoms with van der Waals surface area (Å²) in [6.45, 7) is 0. The number of hydrogen-bond donors (Lipinski definition) is 1. The van der Waals surface area contributed by atoms with Crippen molar-refractivity contribution in [2.45, 2.75) is 0 Å². The molecule has 4 heteroatoms. The first-order chi connectivity index (χ1) is 7.29. The minimum absolute atomic E-state index is 0.147. The van der Waals surface area contributed by atoms with Gasteiger partial charge in [-0.15, -0.1) is 0 Å². The van der Waals surface area contributed by atoms with E-state index < -0.39 is 0 Å². The lowest BCUT2D eigenvalue weighted by Crippen LogP contribution is -2.27. The van der Waals surface area contributed by atoms with Crippen LogP contribution in [-0.4, -0.2) is 22.9 Å². The zero-order valence-electron chi connectivity index (χ0n) is 8.34. The van der Waals surface area contributed by atoms with E-state index in [2.05, 4.69) is 9.97 Å². The fourth-order valence-electron chi connectivity index (χ4n) is 1.31. The molecule has 1 heterocycles. The van der Waals surface area contributed by atoms with Crippen molar-refractivity contribution in [2.75, 3.05) is 11.9 Å². The second-order valence-electron chi connectivity index (χ2n) is 3.14. The van der Waals surface area contributed by atoms with Crippen molar-refractivity contribution in [3.8, 4) is 0 Å². The monoisotopic (exact) mass is 201 g/mol. The Kier molecular flexibility index (Phi) is 2.49. The van der Waals surface area contributed by atoms with Gasteiger partial charge in [-0.05, 0) is 12.1 Å². The average molecular weight is 201 g/mol. The molecule has 0 unspecified atom stereocenters. The summed E-state index contributed by atoms with van der Waals surface area (Å²) in [6, 6.07) is 9.44. The molecule has 0 radical (unpaired) electrons. The Morgan fingerprint density at radius 3 is 2.67 bits per heavy atom. The van der Waals surface area contributed by atoms with Crippen LogP contribution in [0.5, 0.6) is 0 Å². The Hall–Kier alpha value is -2.10. The van der Waals surface area contributed by atoms with E-state index in [4.69, 9.17) is 0 Å². The van der Waals surface area contributed by atoms with Crippen LogP contribution in [0.15, 0.2) is 42.7 Å². The largest absolute Gasteiger partial charge is 0.341 e. The van der Waals surface area contributed by atoms with Gasteiger partial charge in [-0.2, -0.15) is 0 Å². The zero-order chi connectivity index (χ0) is 10.7. The molecule has 4 nitrogen and oxygen atoms in total. The molecule has 2 aromatic rings.